The van der Waals surface area contributed by atoms with Gasteiger partial charge < -0.3 is 9.47 Å². The Labute approximate surface area is 229 Å². The molecule has 1 aliphatic heterocycles. The molecule has 2 heterocycles. The maximum atomic E-state index is 13.8. The van der Waals surface area contributed by atoms with E-state index in [0.717, 1.165) is 42.0 Å². The number of hydrogen-bond donors (Lipinski definition) is 1. The first-order valence-corrected chi connectivity index (χ1v) is 15.3. The number of piperidine rings is 1. The Morgan fingerprint density at radius 1 is 0.923 bits per heavy atom. The molecular weight excluding hydrogens is 508 g/mol. The molecule has 1 aromatic heterocycles. The average Bonchev–Trinajstić information content (AvgIpc) is 3.41. The van der Waals surface area contributed by atoms with Gasteiger partial charge in [0.25, 0.3) is 0 Å². The molecule has 1 N–H and O–H groups in total. The second-order valence-corrected chi connectivity index (χ2v) is 12.4. The lowest BCUT2D eigenvalue weighted by Gasteiger charge is -2.35. The van der Waals surface area contributed by atoms with E-state index >= 15 is 0 Å². The Hall–Kier alpha value is -3.49. The summed E-state index contributed by atoms with van der Waals surface area (Å²) in [5.74, 6) is -0.172. The van der Waals surface area contributed by atoms with Crippen LogP contribution in [0.1, 0.15) is 48.7 Å². The van der Waals surface area contributed by atoms with Crippen molar-refractivity contribution in [3.63, 3.8) is 0 Å². The molecule has 6 rings (SSSR count). The molecule has 1 saturated heterocycles. The first kappa shape index (κ1) is 25.8. The number of fused-ring (bicyclic) bond motifs is 2. The molecule has 202 valence electrons. The summed E-state index contributed by atoms with van der Waals surface area (Å²) in [5.41, 5.74) is 3.50. The number of likely N-dealkylation sites (tertiary alicyclic amines) is 1. The Bertz CT molecular complexity index is 1570. The minimum absolute atomic E-state index is 0.163. The molecule has 7 nitrogen and oxygen atoms in total. The number of aromatic nitrogens is 2. The van der Waals surface area contributed by atoms with Crippen LogP contribution in [0.5, 0.6) is 0 Å². The highest BCUT2D eigenvalue weighted by Gasteiger charge is 2.33. The van der Waals surface area contributed by atoms with Crippen LogP contribution in [0.3, 0.4) is 0 Å². The van der Waals surface area contributed by atoms with Crippen molar-refractivity contribution in [2.24, 2.45) is 0 Å². The number of rotatable bonds is 7. The summed E-state index contributed by atoms with van der Waals surface area (Å²) in [5, 5.41) is 1.81. The zero-order valence-electron chi connectivity index (χ0n) is 22.0. The second-order valence-electron chi connectivity index (χ2n) is 10.7. The smallest absolute Gasteiger partial charge is 0.241 e. The van der Waals surface area contributed by atoms with E-state index < -0.39 is 16.1 Å². The van der Waals surface area contributed by atoms with Gasteiger partial charge in [0.2, 0.25) is 15.9 Å². The molecule has 1 atom stereocenters. The van der Waals surface area contributed by atoms with Crippen molar-refractivity contribution in [1.82, 2.24) is 19.2 Å². The van der Waals surface area contributed by atoms with Crippen molar-refractivity contribution in [3.8, 4) is 0 Å². The maximum absolute atomic E-state index is 13.8. The predicted molar refractivity (Wildman–Crippen MR) is 152 cm³/mol. The number of aryl methyl sites for hydroxylation is 1. The number of carbonyl (C=O) groups is 1. The van der Waals surface area contributed by atoms with Crippen molar-refractivity contribution >= 4 is 26.7 Å². The summed E-state index contributed by atoms with van der Waals surface area (Å²) in [6.07, 6.45) is 8.48. The zero-order chi connectivity index (χ0) is 26.8. The van der Waals surface area contributed by atoms with Crippen molar-refractivity contribution in [2.75, 3.05) is 13.1 Å². The first-order chi connectivity index (χ1) is 19.0. The standard InChI is InChI=1S/C31H34N4O3S/c36-31(34-18-16-26(17-19-34)35-22-32-28-12-6-7-13-30(28)35)29(20-23-8-2-1-3-9-23)33-39(37,38)27-15-14-24-10-4-5-11-25(24)21-27/h1-5,8-11,14-15,21-22,26,29,33H,6-7,12-13,16-20H2/t29-/m0/s1. The van der Waals surface area contributed by atoms with Gasteiger partial charge in [-0.25, -0.2) is 13.4 Å². The third kappa shape index (κ3) is 5.49. The summed E-state index contributed by atoms with van der Waals surface area (Å²) in [6.45, 7) is 1.19. The molecule has 2 aliphatic rings. The minimum atomic E-state index is -3.92. The van der Waals surface area contributed by atoms with Crippen LogP contribution in [-0.2, 0) is 34.1 Å². The lowest BCUT2D eigenvalue weighted by Crippen LogP contribution is -2.51. The maximum Gasteiger partial charge on any atom is 0.241 e. The first-order valence-electron chi connectivity index (χ1n) is 13.9. The van der Waals surface area contributed by atoms with Crippen LogP contribution < -0.4 is 4.72 Å². The van der Waals surface area contributed by atoms with Crippen LogP contribution in [0, 0.1) is 0 Å². The molecule has 1 aliphatic carbocycles. The van der Waals surface area contributed by atoms with Gasteiger partial charge in [-0.1, -0.05) is 60.7 Å². The number of benzene rings is 3. The molecule has 1 fully saturated rings. The SMILES string of the molecule is O=C([C@H](Cc1ccccc1)NS(=O)(=O)c1ccc2ccccc2c1)N1CCC(n2cnc3c2CCCC3)CC1. The van der Waals surface area contributed by atoms with Crippen LogP contribution in [-0.4, -0.2) is 47.9 Å². The highest BCUT2D eigenvalue weighted by atomic mass is 32.2. The molecule has 0 unspecified atom stereocenters. The number of nitrogens with zero attached hydrogens (tertiary/aromatic N) is 3. The fourth-order valence-electron chi connectivity index (χ4n) is 6.01. The number of sulfonamides is 1. The van der Waals surface area contributed by atoms with E-state index in [4.69, 9.17) is 0 Å². The van der Waals surface area contributed by atoms with Gasteiger partial charge in [-0.2, -0.15) is 4.72 Å². The van der Waals surface area contributed by atoms with Crippen LogP contribution in [0.15, 0.2) is 84.0 Å². The van der Waals surface area contributed by atoms with E-state index in [9.17, 15) is 13.2 Å². The van der Waals surface area contributed by atoms with Crippen molar-refractivity contribution in [3.05, 3.63) is 96.1 Å². The third-order valence-corrected chi connectivity index (χ3v) is 9.61. The van der Waals surface area contributed by atoms with E-state index in [2.05, 4.69) is 14.3 Å². The van der Waals surface area contributed by atoms with Gasteiger partial charge in [-0.15, -0.1) is 0 Å². The Kier molecular flexibility index (Phi) is 7.23. The molecule has 1 amide bonds. The van der Waals surface area contributed by atoms with E-state index in [0.29, 0.717) is 25.6 Å². The molecule has 4 aromatic rings. The van der Waals surface area contributed by atoms with Gasteiger partial charge in [0.1, 0.15) is 6.04 Å². The zero-order valence-corrected chi connectivity index (χ0v) is 22.8. The number of nitrogens with one attached hydrogen (secondary N) is 1. The topological polar surface area (TPSA) is 84.3 Å². The lowest BCUT2D eigenvalue weighted by molar-refractivity contribution is -0.134. The normalized spacial score (nSPS) is 17.2. The molecule has 0 saturated carbocycles. The molecule has 0 bridgehead atoms. The molecule has 39 heavy (non-hydrogen) atoms. The molecular formula is C31H34N4O3S. The van der Waals surface area contributed by atoms with Gasteiger partial charge in [0, 0.05) is 24.8 Å². The highest BCUT2D eigenvalue weighted by molar-refractivity contribution is 7.89. The van der Waals surface area contributed by atoms with E-state index in [1.165, 1.54) is 24.2 Å². The Morgan fingerprint density at radius 3 is 2.44 bits per heavy atom. The van der Waals surface area contributed by atoms with Gasteiger partial charge in [-0.3, -0.25) is 4.79 Å². The summed E-state index contributed by atoms with van der Waals surface area (Å²) >= 11 is 0. The van der Waals surface area contributed by atoms with Gasteiger partial charge in [-0.05, 0) is 73.4 Å². The van der Waals surface area contributed by atoms with Crippen LogP contribution in [0.25, 0.3) is 10.8 Å². The van der Waals surface area contributed by atoms with E-state index in [-0.39, 0.29) is 10.8 Å². The highest BCUT2D eigenvalue weighted by Crippen LogP contribution is 2.29. The lowest BCUT2D eigenvalue weighted by atomic mass is 9.98. The predicted octanol–water partition coefficient (Wildman–Crippen LogP) is 4.67. The quantitative estimate of drug-likeness (QED) is 0.368. The monoisotopic (exact) mass is 542 g/mol. The number of imidazole rings is 1. The molecule has 8 heteroatoms. The van der Waals surface area contributed by atoms with Gasteiger partial charge in [0.15, 0.2) is 0 Å². The number of carbonyl (C=O) groups excluding carboxylic acids is 1. The fourth-order valence-corrected chi connectivity index (χ4v) is 7.23. The van der Waals surface area contributed by atoms with Crippen molar-refractivity contribution < 1.29 is 13.2 Å². The summed E-state index contributed by atoms with van der Waals surface area (Å²) in [6, 6.07) is 21.8. The van der Waals surface area contributed by atoms with Crippen molar-refractivity contribution in [2.45, 2.75) is 61.9 Å². The number of hydrogen-bond acceptors (Lipinski definition) is 4. The minimum Gasteiger partial charge on any atom is -0.341 e. The fraction of sp³-hybridized carbons (Fsp3) is 0.355. The summed E-state index contributed by atoms with van der Waals surface area (Å²) < 4.78 is 32.1. The largest absolute Gasteiger partial charge is 0.341 e. The van der Waals surface area contributed by atoms with Gasteiger partial charge >= 0.3 is 0 Å². The van der Waals surface area contributed by atoms with Crippen LogP contribution in [0.2, 0.25) is 0 Å². The summed E-state index contributed by atoms with van der Waals surface area (Å²) in [4.78, 5) is 20.5. The molecule has 0 spiro atoms. The van der Waals surface area contributed by atoms with Crippen LogP contribution in [0.4, 0.5) is 0 Å². The van der Waals surface area contributed by atoms with Gasteiger partial charge in [0.05, 0.1) is 16.9 Å². The Morgan fingerprint density at radius 2 is 1.64 bits per heavy atom. The van der Waals surface area contributed by atoms with Crippen molar-refractivity contribution in [1.29, 1.82) is 0 Å². The number of amides is 1. The second kappa shape index (κ2) is 10.9. The van der Waals surface area contributed by atoms with E-state index in [1.807, 2.05) is 65.8 Å². The molecule has 3 aromatic carbocycles. The average molecular weight is 543 g/mol. The summed E-state index contributed by atoms with van der Waals surface area (Å²) in [7, 11) is -3.92. The Balaban J connectivity index is 1.20. The van der Waals surface area contributed by atoms with Crippen LogP contribution >= 0.6 is 0 Å². The third-order valence-electron chi connectivity index (χ3n) is 8.14. The van der Waals surface area contributed by atoms with E-state index in [1.54, 1.807) is 18.2 Å². The molecule has 0 radical (unpaired) electrons.